The second kappa shape index (κ2) is 6.78. The van der Waals surface area contributed by atoms with Gasteiger partial charge in [-0.1, -0.05) is 13.0 Å². The third-order valence-corrected chi connectivity index (χ3v) is 1.21. The lowest BCUT2D eigenvalue weighted by molar-refractivity contribution is 0.0721. The topological polar surface area (TPSA) is 29.5 Å². The number of rotatable bonds is 6. The third kappa shape index (κ3) is 5.79. The summed E-state index contributed by atoms with van der Waals surface area (Å²) in [5.41, 5.74) is 0. The van der Waals surface area contributed by atoms with E-state index in [0.717, 1.165) is 6.42 Å². The van der Waals surface area contributed by atoms with Crippen molar-refractivity contribution >= 4 is 0 Å². The van der Waals surface area contributed by atoms with Gasteiger partial charge in [0.2, 0.25) is 0 Å². The molecule has 10 heavy (non-hydrogen) atoms. The molecule has 0 saturated carbocycles. The summed E-state index contributed by atoms with van der Waals surface area (Å²) < 4.78 is 5.10. The number of aliphatic hydroxyl groups excluding tert-OH is 1. The SMILES string of the molecule is C=CCC(C)COCCO. The maximum Gasteiger partial charge on any atom is 0.0697 e. The minimum Gasteiger partial charge on any atom is -0.394 e. The van der Waals surface area contributed by atoms with Crippen LogP contribution in [-0.2, 0) is 4.74 Å². The van der Waals surface area contributed by atoms with E-state index < -0.39 is 0 Å². The zero-order chi connectivity index (χ0) is 7.82. The first-order valence-electron chi connectivity index (χ1n) is 3.60. The molecule has 0 amide bonds. The molecule has 0 aromatic rings. The van der Waals surface area contributed by atoms with E-state index in [0.29, 0.717) is 19.1 Å². The van der Waals surface area contributed by atoms with Crippen LogP contribution in [0.1, 0.15) is 13.3 Å². The number of allylic oxidation sites excluding steroid dienone is 1. The Morgan fingerprint density at radius 3 is 2.90 bits per heavy atom. The molecule has 0 saturated heterocycles. The minimum atomic E-state index is 0.112. The predicted octanol–water partition coefficient (Wildman–Crippen LogP) is 1.21. The van der Waals surface area contributed by atoms with Gasteiger partial charge in [0.15, 0.2) is 0 Å². The average molecular weight is 144 g/mol. The quantitative estimate of drug-likeness (QED) is 0.448. The van der Waals surface area contributed by atoms with Crippen LogP contribution in [0.2, 0.25) is 0 Å². The summed E-state index contributed by atoms with van der Waals surface area (Å²) in [4.78, 5) is 0. The highest BCUT2D eigenvalue weighted by molar-refractivity contribution is 4.69. The second-order valence-electron chi connectivity index (χ2n) is 2.43. The van der Waals surface area contributed by atoms with Gasteiger partial charge in [0.1, 0.15) is 0 Å². The second-order valence-corrected chi connectivity index (χ2v) is 2.43. The molecule has 0 heterocycles. The van der Waals surface area contributed by atoms with Crippen molar-refractivity contribution in [1.29, 1.82) is 0 Å². The first kappa shape index (κ1) is 9.66. The maximum atomic E-state index is 8.36. The smallest absolute Gasteiger partial charge is 0.0697 e. The van der Waals surface area contributed by atoms with Gasteiger partial charge in [-0.25, -0.2) is 0 Å². The first-order chi connectivity index (χ1) is 4.81. The van der Waals surface area contributed by atoms with Crippen molar-refractivity contribution in [2.24, 2.45) is 5.92 Å². The Kier molecular flexibility index (Phi) is 6.55. The molecule has 0 spiro atoms. The molecule has 0 aliphatic rings. The van der Waals surface area contributed by atoms with Crippen LogP contribution in [-0.4, -0.2) is 24.9 Å². The fourth-order valence-corrected chi connectivity index (χ4v) is 0.702. The Labute approximate surface area is 62.5 Å². The van der Waals surface area contributed by atoms with E-state index in [9.17, 15) is 0 Å². The highest BCUT2D eigenvalue weighted by Crippen LogP contribution is 2.01. The van der Waals surface area contributed by atoms with Crippen LogP contribution < -0.4 is 0 Å². The fraction of sp³-hybridized carbons (Fsp3) is 0.750. The lowest BCUT2D eigenvalue weighted by Gasteiger charge is -2.07. The Morgan fingerprint density at radius 2 is 2.40 bits per heavy atom. The molecule has 0 aromatic carbocycles. The van der Waals surface area contributed by atoms with Gasteiger partial charge in [0.25, 0.3) is 0 Å². The summed E-state index contributed by atoms with van der Waals surface area (Å²) in [5.74, 6) is 0.518. The molecule has 0 fully saturated rings. The molecular weight excluding hydrogens is 128 g/mol. The first-order valence-corrected chi connectivity index (χ1v) is 3.60. The Morgan fingerprint density at radius 1 is 1.70 bits per heavy atom. The summed E-state index contributed by atoms with van der Waals surface area (Å²) in [5, 5.41) is 8.36. The normalized spacial score (nSPS) is 13.0. The van der Waals surface area contributed by atoms with Crippen LogP contribution >= 0.6 is 0 Å². The molecule has 2 heteroatoms. The molecular formula is C8H16O2. The van der Waals surface area contributed by atoms with Crippen LogP contribution in [0.4, 0.5) is 0 Å². The molecule has 2 nitrogen and oxygen atoms in total. The van der Waals surface area contributed by atoms with E-state index in [4.69, 9.17) is 9.84 Å². The molecule has 1 atom stereocenters. The third-order valence-electron chi connectivity index (χ3n) is 1.21. The van der Waals surface area contributed by atoms with Crippen LogP contribution in [0.15, 0.2) is 12.7 Å². The van der Waals surface area contributed by atoms with E-state index >= 15 is 0 Å². The van der Waals surface area contributed by atoms with Crippen molar-refractivity contribution in [1.82, 2.24) is 0 Å². The molecule has 0 aromatic heterocycles. The van der Waals surface area contributed by atoms with Gasteiger partial charge in [-0.15, -0.1) is 6.58 Å². The molecule has 60 valence electrons. The molecule has 1 unspecified atom stereocenters. The van der Waals surface area contributed by atoms with Crippen molar-refractivity contribution in [2.75, 3.05) is 19.8 Å². The predicted molar refractivity (Wildman–Crippen MR) is 41.9 cm³/mol. The van der Waals surface area contributed by atoms with Gasteiger partial charge in [-0.05, 0) is 12.3 Å². The van der Waals surface area contributed by atoms with Crippen LogP contribution in [0.3, 0.4) is 0 Å². The van der Waals surface area contributed by atoms with E-state index in [1.54, 1.807) is 0 Å². The lowest BCUT2D eigenvalue weighted by atomic mass is 10.1. The monoisotopic (exact) mass is 144 g/mol. The van der Waals surface area contributed by atoms with Crippen molar-refractivity contribution < 1.29 is 9.84 Å². The Hall–Kier alpha value is -0.340. The van der Waals surface area contributed by atoms with Crippen LogP contribution in [0.25, 0.3) is 0 Å². The highest BCUT2D eigenvalue weighted by atomic mass is 16.5. The number of aliphatic hydroxyl groups is 1. The van der Waals surface area contributed by atoms with E-state index in [1.807, 2.05) is 6.08 Å². The largest absolute Gasteiger partial charge is 0.394 e. The highest BCUT2D eigenvalue weighted by Gasteiger charge is 1.97. The van der Waals surface area contributed by atoms with Gasteiger partial charge >= 0.3 is 0 Å². The van der Waals surface area contributed by atoms with Crippen LogP contribution in [0.5, 0.6) is 0 Å². The lowest BCUT2D eigenvalue weighted by Crippen LogP contribution is -2.07. The van der Waals surface area contributed by atoms with Crippen LogP contribution in [0, 0.1) is 5.92 Å². The molecule has 0 aliphatic heterocycles. The molecule has 1 N–H and O–H groups in total. The van der Waals surface area contributed by atoms with Crippen molar-refractivity contribution in [3.63, 3.8) is 0 Å². The average Bonchev–Trinajstić information content (AvgIpc) is 1.89. The van der Waals surface area contributed by atoms with E-state index in [1.165, 1.54) is 0 Å². The summed E-state index contributed by atoms with van der Waals surface area (Å²) >= 11 is 0. The summed E-state index contributed by atoms with van der Waals surface area (Å²) in [6, 6.07) is 0. The summed E-state index contributed by atoms with van der Waals surface area (Å²) in [6.45, 7) is 6.99. The zero-order valence-corrected chi connectivity index (χ0v) is 6.55. The van der Waals surface area contributed by atoms with Gasteiger partial charge in [0, 0.05) is 6.61 Å². The number of hydrogen-bond acceptors (Lipinski definition) is 2. The van der Waals surface area contributed by atoms with E-state index in [-0.39, 0.29) is 6.61 Å². The Bertz CT molecular complexity index is 81.3. The van der Waals surface area contributed by atoms with E-state index in [2.05, 4.69) is 13.5 Å². The molecule has 0 bridgehead atoms. The standard InChI is InChI=1S/C8H16O2/c1-3-4-8(2)7-10-6-5-9/h3,8-9H,1,4-7H2,2H3. The van der Waals surface area contributed by atoms with Gasteiger partial charge in [0.05, 0.1) is 13.2 Å². The molecule has 0 aliphatic carbocycles. The van der Waals surface area contributed by atoms with Gasteiger partial charge < -0.3 is 9.84 Å². The minimum absolute atomic E-state index is 0.112. The number of hydrogen-bond donors (Lipinski definition) is 1. The zero-order valence-electron chi connectivity index (χ0n) is 6.55. The molecule has 0 radical (unpaired) electrons. The maximum absolute atomic E-state index is 8.36. The Balaban J connectivity index is 3.04. The van der Waals surface area contributed by atoms with Crippen molar-refractivity contribution in [3.8, 4) is 0 Å². The fourth-order valence-electron chi connectivity index (χ4n) is 0.702. The summed E-state index contributed by atoms with van der Waals surface area (Å²) in [7, 11) is 0. The van der Waals surface area contributed by atoms with Gasteiger partial charge in [-0.3, -0.25) is 0 Å². The van der Waals surface area contributed by atoms with Crippen molar-refractivity contribution in [2.45, 2.75) is 13.3 Å². The van der Waals surface area contributed by atoms with Gasteiger partial charge in [-0.2, -0.15) is 0 Å². The van der Waals surface area contributed by atoms with Crippen molar-refractivity contribution in [3.05, 3.63) is 12.7 Å². The number of ether oxygens (including phenoxy) is 1. The molecule has 0 rings (SSSR count). The summed E-state index contributed by atoms with van der Waals surface area (Å²) in [6.07, 6.45) is 2.86.